The van der Waals surface area contributed by atoms with Crippen molar-refractivity contribution >= 4 is 23.6 Å². The molecule has 2 aromatic rings. The van der Waals surface area contributed by atoms with Crippen LogP contribution in [0.1, 0.15) is 11.1 Å². The molecule has 2 aromatic carbocycles. The number of ether oxygens (including phenoxy) is 2. The second-order valence-corrected chi connectivity index (χ2v) is 5.70. The van der Waals surface area contributed by atoms with Gasteiger partial charge in [0.25, 0.3) is 0 Å². The molecule has 0 bridgehead atoms. The van der Waals surface area contributed by atoms with Crippen molar-refractivity contribution < 1.29 is 14.3 Å². The first-order chi connectivity index (χ1) is 11.5. The Balaban J connectivity index is 2.09. The highest BCUT2D eigenvalue weighted by Gasteiger charge is 2.07. The van der Waals surface area contributed by atoms with Gasteiger partial charge in [0, 0.05) is 30.3 Å². The van der Waals surface area contributed by atoms with Gasteiger partial charge in [-0.05, 0) is 42.0 Å². The minimum atomic E-state index is -0.111. The summed E-state index contributed by atoms with van der Waals surface area (Å²) < 4.78 is 10.5. The number of rotatable bonds is 6. The molecule has 126 valence electrons. The van der Waals surface area contributed by atoms with Gasteiger partial charge in [-0.1, -0.05) is 23.7 Å². The number of likely N-dealkylation sites (N-methyl/N-ethyl adjacent to an activating group) is 1. The zero-order valence-corrected chi connectivity index (χ0v) is 14.7. The Labute approximate surface area is 147 Å². The Hall–Kier alpha value is -2.46. The number of benzene rings is 2. The molecule has 0 heterocycles. The fourth-order valence-corrected chi connectivity index (χ4v) is 2.46. The van der Waals surface area contributed by atoms with Crippen molar-refractivity contribution in [1.82, 2.24) is 4.90 Å². The Morgan fingerprint density at radius 3 is 2.62 bits per heavy atom. The summed E-state index contributed by atoms with van der Waals surface area (Å²) in [6.45, 7) is 0.485. The van der Waals surface area contributed by atoms with Crippen LogP contribution in [0.15, 0.2) is 48.5 Å². The monoisotopic (exact) mass is 345 g/mol. The number of hydrogen-bond donors (Lipinski definition) is 0. The lowest BCUT2D eigenvalue weighted by Gasteiger charge is -2.15. The number of amides is 1. The minimum absolute atomic E-state index is 0.111. The van der Waals surface area contributed by atoms with Gasteiger partial charge in [0.2, 0.25) is 5.91 Å². The van der Waals surface area contributed by atoms with E-state index in [1.807, 2.05) is 36.4 Å². The molecule has 0 aliphatic carbocycles. The zero-order valence-electron chi connectivity index (χ0n) is 14.0. The number of methoxy groups -OCH3 is 2. The highest BCUT2D eigenvalue weighted by atomic mass is 35.5. The molecule has 5 heteroatoms. The molecule has 24 heavy (non-hydrogen) atoms. The number of nitrogens with zero attached hydrogens (tertiary/aromatic N) is 1. The maximum absolute atomic E-state index is 12.3. The van der Waals surface area contributed by atoms with E-state index in [0.29, 0.717) is 23.1 Å². The summed E-state index contributed by atoms with van der Waals surface area (Å²) in [5.74, 6) is 1.27. The molecule has 0 aliphatic heterocycles. The Kier molecular flexibility index (Phi) is 6.27. The number of carbonyl (C=O) groups is 1. The summed E-state index contributed by atoms with van der Waals surface area (Å²) >= 11 is 5.97. The molecule has 0 saturated carbocycles. The summed E-state index contributed by atoms with van der Waals surface area (Å²) in [5, 5.41) is 0.657. The van der Waals surface area contributed by atoms with Crippen LogP contribution in [0.3, 0.4) is 0 Å². The van der Waals surface area contributed by atoms with Crippen molar-refractivity contribution in [2.45, 2.75) is 6.54 Å². The van der Waals surface area contributed by atoms with E-state index in [1.165, 1.54) is 6.08 Å². The Morgan fingerprint density at radius 1 is 1.17 bits per heavy atom. The van der Waals surface area contributed by atoms with E-state index >= 15 is 0 Å². The third-order valence-electron chi connectivity index (χ3n) is 3.53. The van der Waals surface area contributed by atoms with Crippen molar-refractivity contribution in [2.24, 2.45) is 0 Å². The third-order valence-corrected chi connectivity index (χ3v) is 3.76. The van der Waals surface area contributed by atoms with Crippen LogP contribution in [0.5, 0.6) is 11.5 Å². The number of hydrogen-bond acceptors (Lipinski definition) is 3. The van der Waals surface area contributed by atoms with Crippen LogP contribution < -0.4 is 9.47 Å². The standard InChI is InChI=1S/C19H20ClNO3/c1-21(13-14-5-4-6-16(20)11-14)19(22)10-7-15-12-17(23-2)8-9-18(15)24-3/h4-12H,13H2,1-3H3/b10-7+. The van der Waals surface area contributed by atoms with Gasteiger partial charge in [0.1, 0.15) is 11.5 Å². The van der Waals surface area contributed by atoms with Gasteiger partial charge < -0.3 is 14.4 Å². The van der Waals surface area contributed by atoms with Crippen LogP contribution >= 0.6 is 11.6 Å². The van der Waals surface area contributed by atoms with Gasteiger partial charge in [-0.15, -0.1) is 0 Å². The van der Waals surface area contributed by atoms with Gasteiger partial charge in [-0.2, -0.15) is 0 Å². The van der Waals surface area contributed by atoms with Crippen LogP contribution in [-0.2, 0) is 11.3 Å². The van der Waals surface area contributed by atoms with E-state index in [0.717, 1.165) is 11.1 Å². The summed E-state index contributed by atoms with van der Waals surface area (Å²) in [6, 6.07) is 12.9. The topological polar surface area (TPSA) is 38.8 Å². The lowest BCUT2D eigenvalue weighted by Crippen LogP contribution is -2.24. The molecule has 4 nitrogen and oxygen atoms in total. The predicted octanol–water partition coefficient (Wildman–Crippen LogP) is 4.03. The predicted molar refractivity (Wildman–Crippen MR) is 96.5 cm³/mol. The molecule has 0 spiro atoms. The quantitative estimate of drug-likeness (QED) is 0.742. The van der Waals surface area contributed by atoms with E-state index in [-0.39, 0.29) is 5.91 Å². The molecule has 0 N–H and O–H groups in total. The summed E-state index contributed by atoms with van der Waals surface area (Å²) in [5.41, 5.74) is 1.76. The maximum atomic E-state index is 12.3. The van der Waals surface area contributed by atoms with Crippen molar-refractivity contribution in [3.8, 4) is 11.5 Å². The molecule has 2 rings (SSSR count). The van der Waals surface area contributed by atoms with Crippen LogP contribution in [-0.4, -0.2) is 32.1 Å². The van der Waals surface area contributed by atoms with Crippen LogP contribution in [0.2, 0.25) is 5.02 Å². The largest absolute Gasteiger partial charge is 0.497 e. The minimum Gasteiger partial charge on any atom is -0.497 e. The summed E-state index contributed by atoms with van der Waals surface area (Å²) in [6.07, 6.45) is 3.24. The van der Waals surface area contributed by atoms with Gasteiger partial charge in [-0.25, -0.2) is 0 Å². The van der Waals surface area contributed by atoms with Crippen LogP contribution in [0, 0.1) is 0 Å². The highest BCUT2D eigenvalue weighted by molar-refractivity contribution is 6.30. The lowest BCUT2D eigenvalue weighted by molar-refractivity contribution is -0.125. The van der Waals surface area contributed by atoms with Gasteiger partial charge >= 0.3 is 0 Å². The first-order valence-electron chi connectivity index (χ1n) is 7.43. The molecular weight excluding hydrogens is 326 g/mol. The maximum Gasteiger partial charge on any atom is 0.246 e. The van der Waals surface area contributed by atoms with Crippen molar-refractivity contribution in [3.05, 3.63) is 64.7 Å². The molecule has 0 radical (unpaired) electrons. The van der Waals surface area contributed by atoms with Crippen molar-refractivity contribution in [1.29, 1.82) is 0 Å². The molecule has 0 saturated heterocycles. The average molecular weight is 346 g/mol. The molecule has 0 aromatic heterocycles. The first-order valence-corrected chi connectivity index (χ1v) is 7.81. The molecule has 0 aliphatic rings. The van der Waals surface area contributed by atoms with E-state index in [4.69, 9.17) is 21.1 Å². The first kappa shape index (κ1) is 17.9. The third kappa shape index (κ3) is 4.77. The van der Waals surface area contributed by atoms with E-state index < -0.39 is 0 Å². The summed E-state index contributed by atoms with van der Waals surface area (Å²) in [7, 11) is 4.93. The second kappa shape index (κ2) is 8.41. The van der Waals surface area contributed by atoms with Gasteiger partial charge in [-0.3, -0.25) is 4.79 Å². The summed E-state index contributed by atoms with van der Waals surface area (Å²) in [4.78, 5) is 13.9. The SMILES string of the molecule is COc1ccc(OC)c(/C=C/C(=O)N(C)Cc2cccc(Cl)c2)c1. The highest BCUT2D eigenvalue weighted by Crippen LogP contribution is 2.25. The van der Waals surface area contributed by atoms with Crippen LogP contribution in [0.25, 0.3) is 6.08 Å². The second-order valence-electron chi connectivity index (χ2n) is 5.27. The number of halogens is 1. The molecular formula is C19H20ClNO3. The molecule has 1 amide bonds. The van der Waals surface area contributed by atoms with Crippen LogP contribution in [0.4, 0.5) is 0 Å². The molecule has 0 fully saturated rings. The Bertz CT molecular complexity index is 743. The van der Waals surface area contributed by atoms with Crippen molar-refractivity contribution in [3.63, 3.8) is 0 Å². The van der Waals surface area contributed by atoms with Crippen molar-refractivity contribution in [2.75, 3.05) is 21.3 Å². The smallest absolute Gasteiger partial charge is 0.246 e. The lowest BCUT2D eigenvalue weighted by atomic mass is 10.1. The molecule has 0 atom stereocenters. The normalized spacial score (nSPS) is 10.7. The van der Waals surface area contributed by atoms with E-state index in [9.17, 15) is 4.79 Å². The Morgan fingerprint density at radius 2 is 1.96 bits per heavy atom. The fraction of sp³-hybridized carbons (Fsp3) is 0.211. The van der Waals surface area contributed by atoms with E-state index in [1.54, 1.807) is 38.3 Å². The fourth-order valence-electron chi connectivity index (χ4n) is 2.25. The molecule has 0 unspecified atom stereocenters. The van der Waals surface area contributed by atoms with Gasteiger partial charge in [0.05, 0.1) is 14.2 Å². The van der Waals surface area contributed by atoms with E-state index in [2.05, 4.69) is 0 Å². The average Bonchev–Trinajstić information content (AvgIpc) is 2.59. The van der Waals surface area contributed by atoms with Gasteiger partial charge in [0.15, 0.2) is 0 Å². The number of carbonyl (C=O) groups excluding carboxylic acids is 1. The zero-order chi connectivity index (χ0) is 17.5.